The highest BCUT2D eigenvalue weighted by Gasteiger charge is 2.15. The summed E-state index contributed by atoms with van der Waals surface area (Å²) in [4.78, 5) is 4.16. The van der Waals surface area contributed by atoms with Crippen LogP contribution in [0.3, 0.4) is 0 Å². The van der Waals surface area contributed by atoms with Crippen LogP contribution in [0.25, 0.3) is 0 Å². The molecule has 1 heterocycles. The lowest BCUT2D eigenvalue weighted by Gasteiger charge is -2.18. The second-order valence-electron chi connectivity index (χ2n) is 4.15. The van der Waals surface area contributed by atoms with Crippen molar-refractivity contribution in [3.8, 4) is 11.5 Å². The van der Waals surface area contributed by atoms with Crippen LogP contribution in [0.15, 0.2) is 41.1 Å². The third-order valence-electron chi connectivity index (χ3n) is 2.97. The van der Waals surface area contributed by atoms with Gasteiger partial charge in [-0.25, -0.2) is 5.43 Å². The number of benzene rings is 1. The summed E-state index contributed by atoms with van der Waals surface area (Å²) in [6.45, 7) is 0. The number of ether oxygens (including phenoxy) is 2. The average molecular weight is 338 g/mol. The first-order valence-electron chi connectivity index (χ1n) is 5.98. The Kier molecular flexibility index (Phi) is 4.94. The van der Waals surface area contributed by atoms with Crippen LogP contribution in [0.2, 0.25) is 0 Å². The van der Waals surface area contributed by atoms with Crippen molar-refractivity contribution in [2.75, 3.05) is 14.2 Å². The summed E-state index contributed by atoms with van der Waals surface area (Å²) in [5.41, 5.74) is 4.71. The van der Waals surface area contributed by atoms with Gasteiger partial charge in [0, 0.05) is 16.9 Å². The van der Waals surface area contributed by atoms with Gasteiger partial charge in [-0.2, -0.15) is 0 Å². The second-order valence-corrected chi connectivity index (χ2v) is 5.07. The molecule has 0 amide bonds. The number of nitrogens with one attached hydrogen (secondary N) is 1. The summed E-state index contributed by atoms with van der Waals surface area (Å²) in [6, 6.07) is 7.47. The zero-order chi connectivity index (χ0) is 14.5. The van der Waals surface area contributed by atoms with Gasteiger partial charge in [0.05, 0.1) is 20.3 Å². The Labute approximate surface area is 126 Å². The van der Waals surface area contributed by atoms with Gasteiger partial charge >= 0.3 is 0 Å². The molecule has 0 aliphatic rings. The Hall–Kier alpha value is -1.63. The van der Waals surface area contributed by atoms with E-state index in [2.05, 4.69) is 26.3 Å². The first kappa shape index (κ1) is 14.8. The third-order valence-corrected chi connectivity index (χ3v) is 3.40. The third kappa shape index (κ3) is 3.09. The number of hydrazine groups is 1. The summed E-state index contributed by atoms with van der Waals surface area (Å²) < 4.78 is 11.4. The van der Waals surface area contributed by atoms with E-state index in [-0.39, 0.29) is 6.04 Å². The van der Waals surface area contributed by atoms with Crippen molar-refractivity contribution >= 4 is 15.9 Å². The topological polar surface area (TPSA) is 69.4 Å². The van der Waals surface area contributed by atoms with Crippen molar-refractivity contribution in [2.45, 2.75) is 6.04 Å². The van der Waals surface area contributed by atoms with Gasteiger partial charge in [-0.15, -0.1) is 0 Å². The molecule has 0 bridgehead atoms. The van der Waals surface area contributed by atoms with Crippen LogP contribution in [0.4, 0.5) is 0 Å². The minimum absolute atomic E-state index is 0.181. The van der Waals surface area contributed by atoms with E-state index in [1.54, 1.807) is 26.6 Å². The highest BCUT2D eigenvalue weighted by molar-refractivity contribution is 9.10. The number of pyridine rings is 1. The normalized spacial score (nSPS) is 12.0. The van der Waals surface area contributed by atoms with Gasteiger partial charge in [0.15, 0.2) is 11.5 Å². The van der Waals surface area contributed by atoms with Crippen LogP contribution in [-0.4, -0.2) is 19.2 Å². The number of nitrogens with zero attached hydrogens (tertiary/aromatic N) is 1. The van der Waals surface area contributed by atoms with Crippen molar-refractivity contribution in [3.63, 3.8) is 0 Å². The number of nitrogens with two attached hydrogens (primary N) is 1. The van der Waals surface area contributed by atoms with Crippen molar-refractivity contribution in [1.29, 1.82) is 0 Å². The maximum Gasteiger partial charge on any atom is 0.161 e. The smallest absolute Gasteiger partial charge is 0.161 e. The number of hydrogen-bond donors (Lipinski definition) is 2. The maximum atomic E-state index is 5.68. The Morgan fingerprint density at radius 3 is 2.45 bits per heavy atom. The molecule has 0 aliphatic carbocycles. The summed E-state index contributed by atoms with van der Waals surface area (Å²) in [7, 11) is 3.21. The zero-order valence-corrected chi connectivity index (χ0v) is 12.8. The quantitative estimate of drug-likeness (QED) is 0.647. The molecule has 1 aromatic carbocycles. The first-order chi connectivity index (χ1) is 9.69. The van der Waals surface area contributed by atoms with E-state index in [9.17, 15) is 0 Å². The van der Waals surface area contributed by atoms with Gasteiger partial charge in [-0.1, -0.05) is 6.07 Å². The second kappa shape index (κ2) is 6.69. The fourth-order valence-corrected chi connectivity index (χ4v) is 2.39. The highest BCUT2D eigenvalue weighted by atomic mass is 79.9. The molecule has 1 aromatic heterocycles. The average Bonchev–Trinajstić information content (AvgIpc) is 2.48. The van der Waals surface area contributed by atoms with Crippen LogP contribution in [-0.2, 0) is 0 Å². The standard InChI is InChI=1S/C14H16BrN3O2/c1-19-12-4-3-9(6-13(12)20-2)14(18-16)10-5-11(15)8-17-7-10/h3-8,14,18H,16H2,1-2H3. The molecule has 2 rings (SSSR count). The molecule has 1 unspecified atom stereocenters. The molecule has 0 radical (unpaired) electrons. The molecule has 2 aromatic rings. The molecule has 0 saturated carbocycles. The van der Waals surface area contributed by atoms with E-state index in [1.807, 2.05) is 24.3 Å². The number of rotatable bonds is 5. The zero-order valence-electron chi connectivity index (χ0n) is 11.3. The lowest BCUT2D eigenvalue weighted by atomic mass is 10.0. The molecule has 20 heavy (non-hydrogen) atoms. The Morgan fingerprint density at radius 2 is 1.85 bits per heavy atom. The molecule has 0 fully saturated rings. The fraction of sp³-hybridized carbons (Fsp3) is 0.214. The van der Waals surface area contributed by atoms with Crippen molar-refractivity contribution < 1.29 is 9.47 Å². The van der Waals surface area contributed by atoms with Gasteiger partial charge in [0.2, 0.25) is 0 Å². The van der Waals surface area contributed by atoms with Crippen LogP contribution in [0.5, 0.6) is 11.5 Å². The SMILES string of the molecule is COc1ccc(C(NN)c2cncc(Br)c2)cc1OC. The number of aromatic nitrogens is 1. The largest absolute Gasteiger partial charge is 0.493 e. The number of hydrogen-bond acceptors (Lipinski definition) is 5. The van der Waals surface area contributed by atoms with Gasteiger partial charge < -0.3 is 9.47 Å². The molecule has 5 nitrogen and oxygen atoms in total. The number of methoxy groups -OCH3 is 2. The van der Waals surface area contributed by atoms with Gasteiger partial charge in [-0.3, -0.25) is 10.8 Å². The van der Waals surface area contributed by atoms with E-state index in [0.717, 1.165) is 15.6 Å². The summed E-state index contributed by atoms with van der Waals surface area (Å²) in [5.74, 6) is 7.02. The Morgan fingerprint density at radius 1 is 1.10 bits per heavy atom. The molecular weight excluding hydrogens is 322 g/mol. The van der Waals surface area contributed by atoms with E-state index >= 15 is 0 Å². The first-order valence-corrected chi connectivity index (χ1v) is 6.77. The van der Waals surface area contributed by atoms with Gasteiger partial charge in [-0.05, 0) is 45.3 Å². The lowest BCUT2D eigenvalue weighted by Crippen LogP contribution is -2.29. The van der Waals surface area contributed by atoms with Gasteiger partial charge in [0.1, 0.15) is 0 Å². The summed E-state index contributed by atoms with van der Waals surface area (Å²) >= 11 is 3.41. The van der Waals surface area contributed by atoms with Crippen molar-refractivity contribution in [3.05, 3.63) is 52.3 Å². The molecule has 0 spiro atoms. The van der Waals surface area contributed by atoms with Gasteiger partial charge in [0.25, 0.3) is 0 Å². The molecule has 0 aliphatic heterocycles. The van der Waals surface area contributed by atoms with Crippen molar-refractivity contribution in [2.24, 2.45) is 5.84 Å². The minimum Gasteiger partial charge on any atom is -0.493 e. The Balaban J connectivity index is 2.41. The molecule has 0 saturated heterocycles. The van der Waals surface area contributed by atoms with Crippen LogP contribution in [0.1, 0.15) is 17.2 Å². The summed E-state index contributed by atoms with van der Waals surface area (Å²) in [6.07, 6.45) is 3.50. The minimum atomic E-state index is -0.181. The number of halogens is 1. The van der Waals surface area contributed by atoms with Crippen molar-refractivity contribution in [1.82, 2.24) is 10.4 Å². The highest BCUT2D eigenvalue weighted by Crippen LogP contribution is 2.32. The fourth-order valence-electron chi connectivity index (χ4n) is 2.00. The molecule has 1 atom stereocenters. The van der Waals surface area contributed by atoms with E-state index in [0.29, 0.717) is 11.5 Å². The van der Waals surface area contributed by atoms with E-state index in [4.69, 9.17) is 15.3 Å². The molecule has 106 valence electrons. The van der Waals surface area contributed by atoms with Crippen LogP contribution < -0.4 is 20.7 Å². The molecule has 3 N–H and O–H groups in total. The van der Waals surface area contributed by atoms with Crippen LogP contribution in [0, 0.1) is 0 Å². The van der Waals surface area contributed by atoms with E-state index in [1.165, 1.54) is 0 Å². The predicted molar refractivity (Wildman–Crippen MR) is 80.6 cm³/mol. The molecule has 6 heteroatoms. The van der Waals surface area contributed by atoms with Crippen LogP contribution >= 0.6 is 15.9 Å². The Bertz CT molecular complexity index is 592. The lowest BCUT2D eigenvalue weighted by molar-refractivity contribution is 0.354. The summed E-state index contributed by atoms with van der Waals surface area (Å²) in [5, 5.41) is 0. The maximum absolute atomic E-state index is 5.68. The molecular formula is C14H16BrN3O2. The monoisotopic (exact) mass is 337 g/mol. The predicted octanol–water partition coefficient (Wildman–Crippen LogP) is 2.41. The van der Waals surface area contributed by atoms with E-state index < -0.39 is 0 Å².